The Morgan fingerprint density at radius 1 is 0.833 bits per heavy atom. The van der Waals surface area contributed by atoms with Crippen molar-refractivity contribution in [1.29, 1.82) is 0 Å². The van der Waals surface area contributed by atoms with Crippen LogP contribution in [0.3, 0.4) is 0 Å². The molecule has 0 atom stereocenters. The molecule has 0 saturated carbocycles. The second-order valence-corrected chi connectivity index (χ2v) is 6.74. The molecule has 3 rings (SSSR count). The zero-order chi connectivity index (χ0) is 21.5. The monoisotopic (exact) mass is 404 g/mol. The molecule has 0 heterocycles. The lowest BCUT2D eigenvalue weighted by Crippen LogP contribution is -2.24. The second kappa shape index (κ2) is 9.60. The van der Waals surface area contributed by atoms with E-state index in [1.807, 2.05) is 31.2 Å². The van der Waals surface area contributed by atoms with Crippen molar-refractivity contribution in [3.63, 3.8) is 0 Å². The van der Waals surface area contributed by atoms with Crippen molar-refractivity contribution in [2.45, 2.75) is 13.5 Å². The molecule has 154 valence electrons. The van der Waals surface area contributed by atoms with Gasteiger partial charge >= 0.3 is 0 Å². The van der Waals surface area contributed by atoms with E-state index >= 15 is 0 Å². The van der Waals surface area contributed by atoms with Gasteiger partial charge in [0.1, 0.15) is 0 Å². The zero-order valence-corrected chi connectivity index (χ0v) is 17.2. The number of rotatable bonds is 7. The summed E-state index contributed by atoms with van der Waals surface area (Å²) in [6, 6.07) is 19.7. The summed E-state index contributed by atoms with van der Waals surface area (Å²) in [5, 5.41) is 5.70. The van der Waals surface area contributed by atoms with Crippen LogP contribution in [0.1, 0.15) is 31.8 Å². The largest absolute Gasteiger partial charge is 0.493 e. The third kappa shape index (κ3) is 4.97. The SMILES string of the molecule is COc1ccc(C(=O)Nc2ccccc2C(=O)NCc2ccc(C)cc2)cc1OC. The summed E-state index contributed by atoms with van der Waals surface area (Å²) in [6.07, 6.45) is 0. The zero-order valence-electron chi connectivity index (χ0n) is 17.2. The van der Waals surface area contributed by atoms with Gasteiger partial charge in [0.05, 0.1) is 25.5 Å². The molecular formula is C24H24N2O4. The molecule has 0 spiro atoms. The van der Waals surface area contributed by atoms with Crippen molar-refractivity contribution >= 4 is 17.5 Å². The van der Waals surface area contributed by atoms with E-state index in [2.05, 4.69) is 10.6 Å². The molecule has 3 aromatic carbocycles. The van der Waals surface area contributed by atoms with Crippen LogP contribution in [0.4, 0.5) is 5.69 Å². The lowest BCUT2D eigenvalue weighted by Gasteiger charge is -2.13. The number of amides is 2. The van der Waals surface area contributed by atoms with Crippen LogP contribution in [0.5, 0.6) is 11.5 Å². The van der Waals surface area contributed by atoms with E-state index in [1.165, 1.54) is 14.2 Å². The molecular weight excluding hydrogens is 380 g/mol. The van der Waals surface area contributed by atoms with Crippen LogP contribution >= 0.6 is 0 Å². The van der Waals surface area contributed by atoms with E-state index in [4.69, 9.17) is 9.47 Å². The minimum atomic E-state index is -0.352. The Hall–Kier alpha value is -3.80. The highest BCUT2D eigenvalue weighted by molar-refractivity contribution is 6.09. The molecule has 30 heavy (non-hydrogen) atoms. The Labute approximate surface area is 175 Å². The van der Waals surface area contributed by atoms with E-state index in [9.17, 15) is 9.59 Å². The molecule has 6 heteroatoms. The Bertz CT molecular complexity index is 1050. The smallest absolute Gasteiger partial charge is 0.255 e. The van der Waals surface area contributed by atoms with E-state index in [0.29, 0.717) is 34.9 Å². The third-order valence-corrected chi connectivity index (χ3v) is 4.64. The summed E-state index contributed by atoms with van der Waals surface area (Å²) < 4.78 is 10.5. The average molecular weight is 404 g/mol. The maximum absolute atomic E-state index is 12.7. The maximum atomic E-state index is 12.7. The summed E-state index contributed by atoms with van der Waals surface area (Å²) in [5.41, 5.74) is 3.37. The van der Waals surface area contributed by atoms with Crippen molar-refractivity contribution < 1.29 is 19.1 Å². The summed E-state index contributed by atoms with van der Waals surface area (Å²) in [6.45, 7) is 2.41. The highest BCUT2D eigenvalue weighted by Gasteiger charge is 2.15. The molecule has 0 aliphatic heterocycles. The molecule has 3 aromatic rings. The average Bonchev–Trinajstić information content (AvgIpc) is 2.78. The molecule has 0 radical (unpaired) electrons. The Balaban J connectivity index is 1.73. The molecule has 0 aliphatic rings. The first-order chi connectivity index (χ1) is 14.5. The number of nitrogens with one attached hydrogen (secondary N) is 2. The Morgan fingerprint density at radius 2 is 1.53 bits per heavy atom. The molecule has 2 N–H and O–H groups in total. The van der Waals surface area contributed by atoms with Gasteiger partial charge in [0.2, 0.25) is 0 Å². The van der Waals surface area contributed by atoms with Crippen molar-refractivity contribution in [2.24, 2.45) is 0 Å². The third-order valence-electron chi connectivity index (χ3n) is 4.64. The topological polar surface area (TPSA) is 76.7 Å². The highest BCUT2D eigenvalue weighted by Crippen LogP contribution is 2.28. The number of para-hydroxylation sites is 1. The van der Waals surface area contributed by atoms with Gasteiger partial charge in [-0.1, -0.05) is 42.0 Å². The normalized spacial score (nSPS) is 10.2. The molecule has 0 saturated heterocycles. The molecule has 0 unspecified atom stereocenters. The molecule has 6 nitrogen and oxygen atoms in total. The van der Waals surface area contributed by atoms with Gasteiger partial charge < -0.3 is 20.1 Å². The standard InChI is InChI=1S/C24H24N2O4/c1-16-8-10-17(11-9-16)15-25-24(28)19-6-4-5-7-20(19)26-23(27)18-12-13-21(29-2)22(14-18)30-3/h4-14H,15H2,1-3H3,(H,25,28)(H,26,27). The molecule has 0 bridgehead atoms. The van der Waals surface area contributed by atoms with Crippen LogP contribution < -0.4 is 20.1 Å². The van der Waals surface area contributed by atoms with Crippen molar-refractivity contribution in [3.8, 4) is 11.5 Å². The van der Waals surface area contributed by atoms with Gasteiger partial charge in [-0.15, -0.1) is 0 Å². The maximum Gasteiger partial charge on any atom is 0.255 e. The minimum absolute atomic E-state index is 0.265. The number of hydrogen-bond donors (Lipinski definition) is 2. The van der Waals surface area contributed by atoms with E-state index < -0.39 is 0 Å². The molecule has 0 aromatic heterocycles. The van der Waals surface area contributed by atoms with E-state index in [-0.39, 0.29) is 11.8 Å². The number of methoxy groups -OCH3 is 2. The van der Waals surface area contributed by atoms with Crippen molar-refractivity contribution in [2.75, 3.05) is 19.5 Å². The number of anilines is 1. The number of ether oxygens (including phenoxy) is 2. The van der Waals surface area contributed by atoms with Crippen LogP contribution in [0.25, 0.3) is 0 Å². The molecule has 2 amide bonds. The highest BCUT2D eigenvalue weighted by atomic mass is 16.5. The van der Waals surface area contributed by atoms with Gasteiger partial charge in [-0.3, -0.25) is 9.59 Å². The number of hydrogen-bond acceptors (Lipinski definition) is 4. The fraction of sp³-hybridized carbons (Fsp3) is 0.167. The number of aryl methyl sites for hydroxylation is 1. The summed E-state index contributed by atoms with van der Waals surface area (Å²) in [4.78, 5) is 25.4. The van der Waals surface area contributed by atoms with Gasteiger partial charge in [-0.05, 0) is 42.8 Å². The van der Waals surface area contributed by atoms with Crippen LogP contribution in [0.2, 0.25) is 0 Å². The van der Waals surface area contributed by atoms with Crippen LogP contribution in [-0.4, -0.2) is 26.0 Å². The lowest BCUT2D eigenvalue weighted by atomic mass is 10.1. The Kier molecular flexibility index (Phi) is 6.70. The first-order valence-corrected chi connectivity index (χ1v) is 9.48. The summed E-state index contributed by atoms with van der Waals surface area (Å²) in [7, 11) is 3.04. The number of benzene rings is 3. The summed E-state index contributed by atoms with van der Waals surface area (Å²) in [5.74, 6) is 0.368. The van der Waals surface area contributed by atoms with E-state index in [0.717, 1.165) is 11.1 Å². The second-order valence-electron chi connectivity index (χ2n) is 6.74. The van der Waals surface area contributed by atoms with Gasteiger partial charge in [0, 0.05) is 12.1 Å². The first-order valence-electron chi connectivity index (χ1n) is 9.48. The minimum Gasteiger partial charge on any atom is -0.493 e. The predicted molar refractivity (Wildman–Crippen MR) is 116 cm³/mol. The van der Waals surface area contributed by atoms with Crippen LogP contribution in [0.15, 0.2) is 66.7 Å². The lowest BCUT2D eigenvalue weighted by molar-refractivity contribution is 0.0952. The van der Waals surface area contributed by atoms with Gasteiger partial charge in [-0.2, -0.15) is 0 Å². The predicted octanol–water partition coefficient (Wildman–Crippen LogP) is 4.19. The van der Waals surface area contributed by atoms with Crippen molar-refractivity contribution in [3.05, 3.63) is 89.0 Å². The van der Waals surface area contributed by atoms with Crippen LogP contribution in [0, 0.1) is 6.92 Å². The Morgan fingerprint density at radius 3 is 2.23 bits per heavy atom. The fourth-order valence-electron chi connectivity index (χ4n) is 2.95. The van der Waals surface area contributed by atoms with Crippen molar-refractivity contribution in [1.82, 2.24) is 5.32 Å². The first kappa shape index (κ1) is 20.9. The fourth-order valence-corrected chi connectivity index (χ4v) is 2.95. The van der Waals surface area contributed by atoms with Gasteiger partial charge in [0.15, 0.2) is 11.5 Å². The molecule has 0 aliphatic carbocycles. The molecule has 0 fully saturated rings. The number of carbonyl (C=O) groups excluding carboxylic acids is 2. The van der Waals surface area contributed by atoms with E-state index in [1.54, 1.807) is 42.5 Å². The number of carbonyl (C=O) groups is 2. The summed E-state index contributed by atoms with van der Waals surface area (Å²) >= 11 is 0. The van der Waals surface area contributed by atoms with Gasteiger partial charge in [0.25, 0.3) is 11.8 Å². The quantitative estimate of drug-likeness (QED) is 0.619. The van der Waals surface area contributed by atoms with Gasteiger partial charge in [-0.25, -0.2) is 0 Å². The van der Waals surface area contributed by atoms with Crippen LogP contribution in [-0.2, 0) is 6.54 Å².